The van der Waals surface area contributed by atoms with E-state index in [9.17, 15) is 4.79 Å². The minimum absolute atomic E-state index is 0.160. The van der Waals surface area contributed by atoms with Crippen LogP contribution in [0.3, 0.4) is 0 Å². The van der Waals surface area contributed by atoms with E-state index in [-0.39, 0.29) is 12.5 Å². The van der Waals surface area contributed by atoms with Crippen molar-refractivity contribution >= 4 is 17.5 Å². The molecule has 0 saturated heterocycles. The summed E-state index contributed by atoms with van der Waals surface area (Å²) in [6.07, 6.45) is 9.09. The van der Waals surface area contributed by atoms with Crippen LogP contribution in [0.15, 0.2) is 12.3 Å². The van der Waals surface area contributed by atoms with Gasteiger partial charge in [0.25, 0.3) is 5.91 Å². The van der Waals surface area contributed by atoms with E-state index >= 15 is 0 Å². The number of hydrogen-bond acceptors (Lipinski definition) is 1. The molecule has 0 bridgehead atoms. The van der Waals surface area contributed by atoms with E-state index in [1.54, 1.807) is 12.3 Å². The summed E-state index contributed by atoms with van der Waals surface area (Å²) < 4.78 is 1.92. The summed E-state index contributed by atoms with van der Waals surface area (Å²) in [5.41, 5.74) is 0.595. The number of carbonyl (C=O) groups excluding carboxylic acids is 1. The molecular weight excluding hydrogens is 212 g/mol. The highest BCUT2D eigenvalue weighted by Crippen LogP contribution is 2.37. The Morgan fingerprint density at radius 3 is 3.07 bits per heavy atom. The monoisotopic (exact) mass is 222 g/mol. The first-order valence-corrected chi connectivity index (χ1v) is 5.19. The summed E-state index contributed by atoms with van der Waals surface area (Å²) in [6.45, 7) is 0.242. The molecule has 1 aromatic heterocycles. The normalized spacial score (nSPS) is 14.7. The smallest absolute Gasteiger partial charge is 0.268 e. The zero-order valence-electron chi connectivity index (χ0n) is 8.16. The van der Waals surface area contributed by atoms with Gasteiger partial charge in [0.2, 0.25) is 0 Å². The number of hydrogen-bond donors (Lipinski definition) is 1. The van der Waals surface area contributed by atoms with Crippen LogP contribution in [0.5, 0.6) is 0 Å². The number of aromatic nitrogens is 1. The molecular formula is C11H11ClN2O. The summed E-state index contributed by atoms with van der Waals surface area (Å²) in [4.78, 5) is 11.7. The molecule has 1 aliphatic carbocycles. The lowest BCUT2D eigenvalue weighted by Gasteiger charge is -2.06. The van der Waals surface area contributed by atoms with E-state index in [1.807, 2.05) is 4.57 Å². The van der Waals surface area contributed by atoms with E-state index in [1.165, 1.54) is 0 Å². The van der Waals surface area contributed by atoms with E-state index < -0.39 is 0 Å². The molecule has 4 heteroatoms. The number of halogens is 1. The van der Waals surface area contributed by atoms with Gasteiger partial charge in [-0.3, -0.25) is 4.79 Å². The fourth-order valence-electron chi connectivity index (χ4n) is 1.50. The molecule has 0 atom stereocenters. The number of nitrogens with one attached hydrogen (secondary N) is 1. The van der Waals surface area contributed by atoms with Gasteiger partial charge >= 0.3 is 0 Å². The molecule has 3 nitrogen and oxygen atoms in total. The molecule has 0 unspecified atom stereocenters. The zero-order valence-corrected chi connectivity index (χ0v) is 8.92. The average molecular weight is 223 g/mol. The SMILES string of the molecule is C#CCNC(=O)c1cc(Cl)cn1C1CC1. The largest absolute Gasteiger partial charge is 0.340 e. The minimum Gasteiger partial charge on any atom is -0.340 e. The molecule has 2 rings (SSSR count). The van der Waals surface area contributed by atoms with Crippen LogP contribution in [0.2, 0.25) is 5.02 Å². The van der Waals surface area contributed by atoms with Gasteiger partial charge in [-0.1, -0.05) is 17.5 Å². The molecule has 0 spiro atoms. The Balaban J connectivity index is 2.19. The van der Waals surface area contributed by atoms with Crippen molar-refractivity contribution in [3.8, 4) is 12.3 Å². The third-order valence-electron chi connectivity index (χ3n) is 2.34. The Morgan fingerprint density at radius 1 is 1.73 bits per heavy atom. The lowest BCUT2D eigenvalue weighted by atomic mass is 10.4. The highest BCUT2D eigenvalue weighted by atomic mass is 35.5. The second-order valence-electron chi connectivity index (χ2n) is 3.57. The molecule has 0 aromatic carbocycles. The van der Waals surface area contributed by atoms with Gasteiger partial charge in [-0.2, -0.15) is 0 Å². The van der Waals surface area contributed by atoms with Crippen molar-refractivity contribution in [1.29, 1.82) is 0 Å². The summed E-state index contributed by atoms with van der Waals surface area (Å²) in [5.74, 6) is 2.20. The molecule has 1 N–H and O–H groups in total. The van der Waals surface area contributed by atoms with E-state index in [4.69, 9.17) is 18.0 Å². The molecule has 1 aliphatic rings. The molecule has 0 radical (unpaired) electrons. The van der Waals surface area contributed by atoms with Gasteiger partial charge in [-0.15, -0.1) is 6.42 Å². The van der Waals surface area contributed by atoms with E-state index in [2.05, 4.69) is 11.2 Å². The molecule has 1 fully saturated rings. The van der Waals surface area contributed by atoms with E-state index in [0.717, 1.165) is 12.8 Å². The molecule has 1 heterocycles. The Hall–Kier alpha value is -1.40. The summed E-state index contributed by atoms with van der Waals surface area (Å²) in [5, 5.41) is 3.22. The van der Waals surface area contributed by atoms with Crippen LogP contribution in [0.25, 0.3) is 0 Å². The molecule has 1 saturated carbocycles. The maximum Gasteiger partial charge on any atom is 0.268 e. The van der Waals surface area contributed by atoms with Gasteiger partial charge in [0.05, 0.1) is 11.6 Å². The zero-order chi connectivity index (χ0) is 10.8. The van der Waals surface area contributed by atoms with E-state index in [0.29, 0.717) is 16.8 Å². The number of nitrogens with zero attached hydrogens (tertiary/aromatic N) is 1. The highest BCUT2D eigenvalue weighted by Gasteiger charge is 2.27. The Morgan fingerprint density at radius 2 is 2.47 bits per heavy atom. The van der Waals surface area contributed by atoms with Crippen LogP contribution in [0.4, 0.5) is 0 Å². The van der Waals surface area contributed by atoms with Gasteiger partial charge in [0.1, 0.15) is 5.69 Å². The van der Waals surface area contributed by atoms with Gasteiger partial charge < -0.3 is 9.88 Å². The first-order chi connectivity index (χ1) is 7.22. The molecule has 1 aromatic rings. The fraction of sp³-hybridized carbons (Fsp3) is 0.364. The third kappa shape index (κ3) is 2.16. The molecule has 15 heavy (non-hydrogen) atoms. The summed E-state index contributed by atoms with van der Waals surface area (Å²) in [7, 11) is 0. The maximum absolute atomic E-state index is 11.7. The van der Waals surface area contributed by atoms with Crippen LogP contribution in [-0.4, -0.2) is 17.0 Å². The van der Waals surface area contributed by atoms with Crippen molar-refractivity contribution in [2.75, 3.05) is 6.54 Å². The lowest BCUT2D eigenvalue weighted by Crippen LogP contribution is -2.25. The van der Waals surface area contributed by atoms with Crippen LogP contribution >= 0.6 is 11.6 Å². The van der Waals surface area contributed by atoms with Crippen LogP contribution in [-0.2, 0) is 0 Å². The van der Waals surface area contributed by atoms with Crippen molar-refractivity contribution in [3.05, 3.63) is 23.0 Å². The van der Waals surface area contributed by atoms with Gasteiger partial charge in [0.15, 0.2) is 0 Å². The number of carbonyl (C=O) groups is 1. The van der Waals surface area contributed by atoms with Crippen molar-refractivity contribution in [2.24, 2.45) is 0 Å². The quantitative estimate of drug-likeness (QED) is 0.778. The van der Waals surface area contributed by atoms with Gasteiger partial charge in [0, 0.05) is 12.2 Å². The van der Waals surface area contributed by atoms with Crippen LogP contribution in [0, 0.1) is 12.3 Å². The van der Waals surface area contributed by atoms with Crippen LogP contribution in [0.1, 0.15) is 29.4 Å². The molecule has 0 aliphatic heterocycles. The summed E-state index contributed by atoms with van der Waals surface area (Å²) in [6, 6.07) is 2.11. The van der Waals surface area contributed by atoms with Crippen molar-refractivity contribution < 1.29 is 4.79 Å². The fourth-order valence-corrected chi connectivity index (χ4v) is 1.71. The average Bonchev–Trinajstić information content (AvgIpc) is 2.98. The number of amides is 1. The Bertz CT molecular complexity index is 426. The predicted octanol–water partition coefficient (Wildman–Crippen LogP) is 1.84. The predicted molar refractivity (Wildman–Crippen MR) is 58.9 cm³/mol. The summed E-state index contributed by atoms with van der Waals surface area (Å²) >= 11 is 5.87. The maximum atomic E-state index is 11.7. The van der Waals surface area contributed by atoms with Crippen LogP contribution < -0.4 is 5.32 Å². The molecule has 1 amide bonds. The van der Waals surface area contributed by atoms with Crippen molar-refractivity contribution in [3.63, 3.8) is 0 Å². The standard InChI is InChI=1S/C11H11ClN2O/c1-2-5-13-11(15)10-6-8(12)7-14(10)9-3-4-9/h1,6-7,9H,3-5H2,(H,13,15). The minimum atomic E-state index is -0.160. The molecule has 78 valence electrons. The van der Waals surface area contributed by atoms with Gasteiger partial charge in [-0.25, -0.2) is 0 Å². The Kier molecular flexibility index (Phi) is 2.70. The number of rotatable bonds is 3. The highest BCUT2D eigenvalue weighted by molar-refractivity contribution is 6.31. The second-order valence-corrected chi connectivity index (χ2v) is 4.01. The van der Waals surface area contributed by atoms with Crippen molar-refractivity contribution in [1.82, 2.24) is 9.88 Å². The first-order valence-electron chi connectivity index (χ1n) is 4.81. The lowest BCUT2D eigenvalue weighted by molar-refractivity contribution is 0.0949. The number of terminal acetylenes is 1. The first kappa shape index (κ1) is 10.1. The van der Waals surface area contributed by atoms with Gasteiger partial charge in [-0.05, 0) is 18.9 Å². The second kappa shape index (κ2) is 4.00. The third-order valence-corrected chi connectivity index (χ3v) is 2.55. The Labute approximate surface area is 93.4 Å². The van der Waals surface area contributed by atoms with Crippen molar-refractivity contribution in [2.45, 2.75) is 18.9 Å². The topological polar surface area (TPSA) is 34.0 Å².